The van der Waals surface area contributed by atoms with Crippen LogP contribution in [0.2, 0.25) is 5.02 Å². The highest BCUT2D eigenvalue weighted by Crippen LogP contribution is 2.16. The van der Waals surface area contributed by atoms with Crippen molar-refractivity contribution in [2.45, 2.75) is 6.92 Å². The second kappa shape index (κ2) is 8.22. The minimum Gasteiger partial charge on any atom is -0.335 e. The fraction of sp³-hybridized carbons (Fsp3) is 0.250. The predicted octanol–water partition coefficient (Wildman–Crippen LogP) is 2.90. The maximum atomic E-state index is 12.7. The molecule has 0 bridgehead atoms. The molecule has 1 aliphatic heterocycles. The van der Waals surface area contributed by atoms with E-state index in [0.29, 0.717) is 48.0 Å². The summed E-state index contributed by atoms with van der Waals surface area (Å²) in [7, 11) is 0. The zero-order valence-electron chi connectivity index (χ0n) is 14.9. The first-order valence-electron chi connectivity index (χ1n) is 8.66. The number of carbonyl (C=O) groups excluding carboxylic acids is 3. The molecule has 0 atom stereocenters. The molecule has 27 heavy (non-hydrogen) atoms. The number of halogens is 1. The zero-order valence-corrected chi connectivity index (χ0v) is 15.7. The van der Waals surface area contributed by atoms with Gasteiger partial charge in [0.15, 0.2) is 0 Å². The molecule has 6 nitrogen and oxygen atoms in total. The van der Waals surface area contributed by atoms with Crippen molar-refractivity contribution in [2.75, 3.05) is 31.5 Å². The number of nitrogens with one attached hydrogen (secondary N) is 1. The highest BCUT2D eigenvalue weighted by atomic mass is 35.5. The number of amides is 3. The summed E-state index contributed by atoms with van der Waals surface area (Å²) < 4.78 is 0. The van der Waals surface area contributed by atoms with E-state index < -0.39 is 0 Å². The molecule has 0 aliphatic carbocycles. The van der Waals surface area contributed by atoms with Crippen molar-refractivity contribution in [1.82, 2.24) is 9.80 Å². The summed E-state index contributed by atoms with van der Waals surface area (Å²) in [6.45, 7) is 3.29. The molecule has 1 fully saturated rings. The topological polar surface area (TPSA) is 69.7 Å². The average molecular weight is 386 g/mol. The van der Waals surface area contributed by atoms with E-state index in [0.717, 1.165) is 0 Å². The van der Waals surface area contributed by atoms with Crippen LogP contribution in [0.15, 0.2) is 48.5 Å². The van der Waals surface area contributed by atoms with E-state index in [1.807, 2.05) is 0 Å². The van der Waals surface area contributed by atoms with Crippen LogP contribution < -0.4 is 5.32 Å². The lowest BCUT2D eigenvalue weighted by Crippen LogP contribution is -2.50. The largest absolute Gasteiger partial charge is 0.335 e. The van der Waals surface area contributed by atoms with Crippen LogP contribution >= 0.6 is 11.6 Å². The Bertz CT molecular complexity index is 859. The van der Waals surface area contributed by atoms with Crippen LogP contribution in [-0.2, 0) is 4.79 Å². The molecule has 0 spiro atoms. The van der Waals surface area contributed by atoms with Crippen molar-refractivity contribution in [2.24, 2.45) is 0 Å². The zero-order chi connectivity index (χ0) is 19.4. The van der Waals surface area contributed by atoms with E-state index >= 15 is 0 Å². The summed E-state index contributed by atoms with van der Waals surface area (Å²) in [4.78, 5) is 39.9. The SMILES string of the molecule is CC(=O)Nc1cccc(C(=O)N2CCN(C(=O)c3ccc(Cl)cc3)CC2)c1. The first kappa shape index (κ1) is 18.9. The van der Waals surface area contributed by atoms with Crippen molar-refractivity contribution in [3.63, 3.8) is 0 Å². The number of piperazine rings is 1. The van der Waals surface area contributed by atoms with Crippen LogP contribution in [0.25, 0.3) is 0 Å². The molecule has 140 valence electrons. The minimum absolute atomic E-state index is 0.0635. The van der Waals surface area contributed by atoms with Crippen molar-refractivity contribution < 1.29 is 14.4 Å². The van der Waals surface area contributed by atoms with Crippen LogP contribution in [0.1, 0.15) is 27.6 Å². The molecular formula is C20H20ClN3O3. The van der Waals surface area contributed by atoms with E-state index in [1.165, 1.54) is 6.92 Å². The molecule has 0 aromatic heterocycles. The van der Waals surface area contributed by atoms with Gasteiger partial charge in [0.25, 0.3) is 11.8 Å². The maximum absolute atomic E-state index is 12.7. The summed E-state index contributed by atoms with van der Waals surface area (Å²) in [5.74, 6) is -0.360. The number of nitrogens with zero attached hydrogens (tertiary/aromatic N) is 2. The Morgan fingerprint density at radius 2 is 1.41 bits per heavy atom. The van der Waals surface area contributed by atoms with Gasteiger partial charge in [-0.15, -0.1) is 0 Å². The minimum atomic E-state index is -0.186. The third-order valence-electron chi connectivity index (χ3n) is 4.38. The van der Waals surface area contributed by atoms with Gasteiger partial charge in [-0.1, -0.05) is 17.7 Å². The second-order valence-corrected chi connectivity index (χ2v) is 6.79. The summed E-state index contributed by atoms with van der Waals surface area (Å²) in [5, 5.41) is 3.26. The third kappa shape index (κ3) is 4.65. The van der Waals surface area contributed by atoms with Gasteiger partial charge in [-0.2, -0.15) is 0 Å². The van der Waals surface area contributed by atoms with Crippen molar-refractivity contribution in [1.29, 1.82) is 0 Å². The Labute approximate surface area is 162 Å². The van der Waals surface area contributed by atoms with E-state index in [9.17, 15) is 14.4 Å². The van der Waals surface area contributed by atoms with Gasteiger partial charge in [0.1, 0.15) is 0 Å². The third-order valence-corrected chi connectivity index (χ3v) is 4.63. The lowest BCUT2D eigenvalue weighted by molar-refractivity contribution is -0.114. The summed E-state index contributed by atoms with van der Waals surface area (Å²) >= 11 is 5.86. The molecular weight excluding hydrogens is 366 g/mol. The molecule has 1 saturated heterocycles. The number of hydrogen-bond acceptors (Lipinski definition) is 3. The number of anilines is 1. The molecule has 7 heteroatoms. The molecule has 0 radical (unpaired) electrons. The fourth-order valence-corrected chi connectivity index (χ4v) is 3.13. The van der Waals surface area contributed by atoms with Crippen LogP contribution in [0.3, 0.4) is 0 Å². The maximum Gasteiger partial charge on any atom is 0.254 e. The first-order chi connectivity index (χ1) is 12.9. The summed E-state index contributed by atoms with van der Waals surface area (Å²) in [6.07, 6.45) is 0. The van der Waals surface area contributed by atoms with Gasteiger partial charge in [0.05, 0.1) is 0 Å². The van der Waals surface area contributed by atoms with Crippen LogP contribution in [0.5, 0.6) is 0 Å². The molecule has 0 unspecified atom stereocenters. The molecule has 1 aliphatic rings. The van der Waals surface area contributed by atoms with Gasteiger partial charge in [0.2, 0.25) is 5.91 Å². The molecule has 2 aromatic rings. The van der Waals surface area contributed by atoms with Gasteiger partial charge in [0, 0.05) is 54.9 Å². The van der Waals surface area contributed by atoms with Crippen LogP contribution in [0.4, 0.5) is 5.69 Å². The highest BCUT2D eigenvalue weighted by Gasteiger charge is 2.25. The predicted molar refractivity (Wildman–Crippen MR) is 104 cm³/mol. The standard InChI is InChI=1S/C20H20ClN3O3/c1-14(25)22-18-4-2-3-16(13-18)20(27)24-11-9-23(10-12-24)19(26)15-5-7-17(21)8-6-15/h2-8,13H,9-12H2,1H3,(H,22,25). The Balaban J connectivity index is 1.61. The van der Waals surface area contributed by atoms with E-state index in [4.69, 9.17) is 11.6 Å². The first-order valence-corrected chi connectivity index (χ1v) is 9.03. The number of benzene rings is 2. The average Bonchev–Trinajstić information content (AvgIpc) is 2.67. The molecule has 3 amide bonds. The highest BCUT2D eigenvalue weighted by molar-refractivity contribution is 6.30. The van der Waals surface area contributed by atoms with Crippen LogP contribution in [-0.4, -0.2) is 53.7 Å². The van der Waals surface area contributed by atoms with Crippen molar-refractivity contribution >= 4 is 35.0 Å². The Morgan fingerprint density at radius 3 is 1.96 bits per heavy atom. The summed E-state index contributed by atoms with van der Waals surface area (Å²) in [5.41, 5.74) is 1.69. The van der Waals surface area contributed by atoms with Crippen molar-refractivity contribution in [3.8, 4) is 0 Å². The number of hydrogen-bond donors (Lipinski definition) is 1. The van der Waals surface area contributed by atoms with Gasteiger partial charge in [-0.05, 0) is 42.5 Å². The molecule has 3 rings (SSSR count). The van der Waals surface area contributed by atoms with E-state index in [1.54, 1.807) is 58.3 Å². The fourth-order valence-electron chi connectivity index (χ4n) is 3.00. The smallest absolute Gasteiger partial charge is 0.254 e. The molecule has 1 heterocycles. The van der Waals surface area contributed by atoms with E-state index in [-0.39, 0.29) is 17.7 Å². The number of carbonyl (C=O) groups is 3. The van der Waals surface area contributed by atoms with Gasteiger partial charge >= 0.3 is 0 Å². The lowest BCUT2D eigenvalue weighted by Gasteiger charge is -2.35. The quantitative estimate of drug-likeness (QED) is 0.883. The monoisotopic (exact) mass is 385 g/mol. The lowest BCUT2D eigenvalue weighted by atomic mass is 10.1. The Morgan fingerprint density at radius 1 is 0.852 bits per heavy atom. The molecule has 1 N–H and O–H groups in total. The van der Waals surface area contributed by atoms with Crippen molar-refractivity contribution in [3.05, 3.63) is 64.7 Å². The normalized spacial score (nSPS) is 14.0. The van der Waals surface area contributed by atoms with Crippen LogP contribution in [0, 0.1) is 0 Å². The molecule has 2 aromatic carbocycles. The number of rotatable bonds is 3. The summed E-state index contributed by atoms with van der Waals surface area (Å²) in [6, 6.07) is 13.6. The van der Waals surface area contributed by atoms with Gasteiger partial charge in [-0.25, -0.2) is 0 Å². The molecule has 0 saturated carbocycles. The van der Waals surface area contributed by atoms with E-state index in [2.05, 4.69) is 5.32 Å². The van der Waals surface area contributed by atoms with Gasteiger partial charge < -0.3 is 15.1 Å². The Hall–Kier alpha value is -2.86. The van der Waals surface area contributed by atoms with Gasteiger partial charge in [-0.3, -0.25) is 14.4 Å². The Kier molecular flexibility index (Phi) is 5.76. The second-order valence-electron chi connectivity index (χ2n) is 6.35.